The molecule has 4 aromatic heterocycles. The van der Waals surface area contributed by atoms with Gasteiger partial charge in [0.25, 0.3) is 0 Å². The van der Waals surface area contributed by atoms with E-state index in [1.807, 2.05) is 69.4 Å². The van der Waals surface area contributed by atoms with E-state index in [9.17, 15) is 4.39 Å². The largest absolute Gasteiger partial charge is 0.359 e. The number of aryl methyl sites for hydroxylation is 1. The molecule has 0 atom stereocenters. The molecular formula is C33H36FN5S. The highest BCUT2D eigenvalue weighted by Gasteiger charge is 2.19. The van der Waals surface area contributed by atoms with Crippen molar-refractivity contribution in [3.63, 3.8) is 0 Å². The van der Waals surface area contributed by atoms with Crippen molar-refractivity contribution in [2.45, 2.75) is 41.5 Å². The van der Waals surface area contributed by atoms with E-state index in [4.69, 9.17) is 4.98 Å². The molecule has 0 aromatic carbocycles. The maximum atomic E-state index is 13.9. The zero-order valence-corrected chi connectivity index (χ0v) is 24.8. The van der Waals surface area contributed by atoms with Crippen LogP contribution >= 0.6 is 11.3 Å². The predicted molar refractivity (Wildman–Crippen MR) is 168 cm³/mol. The van der Waals surface area contributed by atoms with Crippen molar-refractivity contribution in [2.75, 3.05) is 0 Å². The first-order chi connectivity index (χ1) is 19.0. The van der Waals surface area contributed by atoms with E-state index in [1.165, 1.54) is 6.07 Å². The van der Waals surface area contributed by atoms with Gasteiger partial charge >= 0.3 is 0 Å². The number of aromatic nitrogens is 4. The number of rotatable bonds is 9. The molecule has 3 N–H and O–H groups in total. The van der Waals surface area contributed by atoms with Crippen molar-refractivity contribution in [3.05, 3.63) is 118 Å². The molecule has 0 fully saturated rings. The highest BCUT2D eigenvalue weighted by atomic mass is 32.1. The summed E-state index contributed by atoms with van der Waals surface area (Å²) in [5, 5.41) is 10.9. The first-order valence-electron chi connectivity index (χ1n) is 13.2. The highest BCUT2D eigenvalue weighted by Crippen LogP contribution is 2.35. The summed E-state index contributed by atoms with van der Waals surface area (Å²) in [6, 6.07) is 9.33. The lowest BCUT2D eigenvalue weighted by Gasteiger charge is -2.23. The summed E-state index contributed by atoms with van der Waals surface area (Å²) in [5.74, 6) is 0. The number of hydrogen-bond donors (Lipinski definition) is 3. The molecule has 206 valence electrons. The van der Waals surface area contributed by atoms with Crippen molar-refractivity contribution in [1.29, 1.82) is 0 Å². The number of hydrogen-bond acceptors (Lipinski definition) is 4. The minimum atomic E-state index is -0.212. The van der Waals surface area contributed by atoms with Crippen LogP contribution in [0.5, 0.6) is 0 Å². The normalized spacial score (nSPS) is 13.4. The zero-order chi connectivity index (χ0) is 29.0. The Morgan fingerprint density at radius 1 is 1.15 bits per heavy atom. The van der Waals surface area contributed by atoms with Crippen LogP contribution in [0.4, 0.5) is 4.39 Å². The molecule has 0 aliphatic carbocycles. The molecule has 0 spiro atoms. The zero-order valence-electron chi connectivity index (χ0n) is 23.9. The molecule has 0 aliphatic rings. The number of thiophene rings is 1. The van der Waals surface area contributed by atoms with Crippen LogP contribution < -0.4 is 5.32 Å². The third kappa shape index (κ3) is 6.15. The monoisotopic (exact) mass is 553 g/mol. The Labute approximate surface area is 239 Å². The van der Waals surface area contributed by atoms with Gasteiger partial charge in [0.05, 0.1) is 16.9 Å². The molecular weight excluding hydrogens is 517 g/mol. The van der Waals surface area contributed by atoms with Gasteiger partial charge in [0, 0.05) is 38.5 Å². The highest BCUT2D eigenvalue weighted by molar-refractivity contribution is 7.11. The van der Waals surface area contributed by atoms with E-state index in [0.29, 0.717) is 0 Å². The van der Waals surface area contributed by atoms with Crippen LogP contribution in [0.3, 0.4) is 0 Å². The molecule has 7 heteroatoms. The van der Waals surface area contributed by atoms with Crippen LogP contribution in [0.15, 0.2) is 91.3 Å². The number of pyridine rings is 1. The van der Waals surface area contributed by atoms with Gasteiger partial charge in [0.1, 0.15) is 11.2 Å². The fourth-order valence-corrected chi connectivity index (χ4v) is 4.92. The molecule has 4 aromatic rings. The van der Waals surface area contributed by atoms with Crippen LogP contribution in [-0.2, 0) is 0 Å². The first-order valence-corrected chi connectivity index (χ1v) is 14.0. The summed E-state index contributed by atoms with van der Waals surface area (Å²) in [6.45, 7) is 20.4. The van der Waals surface area contributed by atoms with E-state index in [-0.39, 0.29) is 10.5 Å². The van der Waals surface area contributed by atoms with Gasteiger partial charge in [-0.25, -0.2) is 4.98 Å². The molecule has 0 saturated carbocycles. The van der Waals surface area contributed by atoms with Gasteiger partial charge < -0.3 is 10.3 Å². The van der Waals surface area contributed by atoms with Gasteiger partial charge in [0.15, 0.2) is 5.13 Å². The number of H-pyrrole nitrogens is 2. The number of halogens is 1. The summed E-state index contributed by atoms with van der Waals surface area (Å²) >= 11 is 1.13. The Morgan fingerprint density at radius 3 is 2.55 bits per heavy atom. The van der Waals surface area contributed by atoms with Crippen molar-refractivity contribution >= 4 is 33.5 Å². The molecule has 0 amide bonds. The molecule has 0 saturated heterocycles. The van der Waals surface area contributed by atoms with E-state index in [2.05, 4.69) is 60.5 Å². The molecule has 0 unspecified atom stereocenters. The minimum absolute atomic E-state index is 0.0897. The quantitative estimate of drug-likeness (QED) is 0.181. The summed E-state index contributed by atoms with van der Waals surface area (Å²) in [7, 11) is 0. The lowest BCUT2D eigenvalue weighted by Crippen LogP contribution is -2.22. The van der Waals surface area contributed by atoms with Gasteiger partial charge in [-0.05, 0) is 68.8 Å². The third-order valence-corrected chi connectivity index (χ3v) is 7.51. The van der Waals surface area contributed by atoms with Crippen molar-refractivity contribution in [1.82, 2.24) is 25.5 Å². The molecule has 40 heavy (non-hydrogen) atoms. The molecule has 0 radical (unpaired) electrons. The fraction of sp³-hybridized carbons (Fsp3) is 0.212. The van der Waals surface area contributed by atoms with Gasteiger partial charge in [0.2, 0.25) is 0 Å². The van der Waals surface area contributed by atoms with Crippen LogP contribution in [0, 0.1) is 17.5 Å². The molecule has 5 nitrogen and oxygen atoms in total. The Bertz CT molecular complexity index is 1680. The topological polar surface area (TPSA) is 69.4 Å². The van der Waals surface area contributed by atoms with E-state index >= 15 is 0 Å². The molecule has 4 rings (SSSR count). The first kappa shape index (κ1) is 28.8. The lowest BCUT2D eigenvalue weighted by atomic mass is 9.92. The van der Waals surface area contributed by atoms with Crippen molar-refractivity contribution < 1.29 is 4.39 Å². The van der Waals surface area contributed by atoms with E-state index in [0.717, 1.165) is 78.1 Å². The van der Waals surface area contributed by atoms with Crippen molar-refractivity contribution in [2.24, 2.45) is 5.41 Å². The second-order valence-electron chi connectivity index (χ2n) is 10.5. The average molecular weight is 554 g/mol. The second-order valence-corrected chi connectivity index (χ2v) is 11.5. The number of nitrogens with zero attached hydrogens (tertiary/aromatic N) is 2. The Balaban J connectivity index is 1.74. The number of aromatic amines is 2. The van der Waals surface area contributed by atoms with E-state index < -0.39 is 0 Å². The van der Waals surface area contributed by atoms with Gasteiger partial charge in [-0.15, -0.1) is 11.3 Å². The van der Waals surface area contributed by atoms with Gasteiger partial charge in [-0.1, -0.05) is 58.2 Å². The lowest BCUT2D eigenvalue weighted by molar-refractivity contribution is 0.478. The maximum Gasteiger partial charge on any atom is 0.176 e. The number of allylic oxidation sites excluding steroid dienone is 8. The molecule has 0 bridgehead atoms. The SMILES string of the molecule is C=C/C(=C\C(=C/C)c1ccc2[nH]nc(-c3cc(/C(=C\C=C/C)c4ccc(F)s4)c(C)[nH]3)c2n1)NC(=C)C(C)(C)C. The Kier molecular flexibility index (Phi) is 8.55. The standard InChI is InChI=1S/C33H36FN5S/c1-9-12-13-24(29-16-17-30(34)40-29)25-19-28(35-20(25)4)32-31-27(38-39-32)15-14-26(37-31)22(10-2)18-23(11-3)36-21(5)33(6,7)8/h9-19,35-36H,3,5H2,1-2,4,6-8H3,(H,38,39)/b12-9-,22-10+,23-18+,24-13+. The van der Waals surface area contributed by atoms with E-state index in [1.54, 1.807) is 6.08 Å². The van der Waals surface area contributed by atoms with Crippen LogP contribution in [-0.4, -0.2) is 20.2 Å². The minimum Gasteiger partial charge on any atom is -0.359 e. The van der Waals surface area contributed by atoms with Crippen LogP contribution in [0.25, 0.3) is 33.6 Å². The summed E-state index contributed by atoms with van der Waals surface area (Å²) in [4.78, 5) is 9.35. The number of nitrogens with one attached hydrogen (secondary N) is 3. The maximum absolute atomic E-state index is 13.9. The summed E-state index contributed by atoms with van der Waals surface area (Å²) < 4.78 is 13.9. The van der Waals surface area contributed by atoms with Crippen LogP contribution in [0.2, 0.25) is 0 Å². The predicted octanol–water partition coefficient (Wildman–Crippen LogP) is 9.09. The van der Waals surface area contributed by atoms with Gasteiger partial charge in [-0.3, -0.25) is 5.10 Å². The smallest absolute Gasteiger partial charge is 0.176 e. The number of fused-ring (bicyclic) bond motifs is 1. The molecule has 4 heterocycles. The Morgan fingerprint density at radius 2 is 1.93 bits per heavy atom. The fourth-order valence-electron chi connectivity index (χ4n) is 4.15. The second kappa shape index (κ2) is 11.9. The summed E-state index contributed by atoms with van der Waals surface area (Å²) in [5.41, 5.74) is 9.45. The summed E-state index contributed by atoms with van der Waals surface area (Å²) in [6.07, 6.45) is 11.8. The molecule has 0 aliphatic heterocycles. The van der Waals surface area contributed by atoms with Crippen LogP contribution in [0.1, 0.15) is 56.4 Å². The third-order valence-electron chi connectivity index (χ3n) is 6.60. The van der Waals surface area contributed by atoms with Crippen molar-refractivity contribution in [3.8, 4) is 11.4 Å². The van der Waals surface area contributed by atoms with Gasteiger partial charge in [-0.2, -0.15) is 9.49 Å². The Hall–Kier alpha value is -4.23. The average Bonchev–Trinajstić information content (AvgIpc) is 3.64.